The van der Waals surface area contributed by atoms with Crippen LogP contribution in [0.5, 0.6) is 0 Å². The molecule has 1 amide bonds. The SMILES string of the molecule is CN1CCCC(N(C)C(=O)c2cncc(Cl)n2)C1. The summed E-state index contributed by atoms with van der Waals surface area (Å²) in [6.45, 7) is 1.99. The Labute approximate surface area is 112 Å². The van der Waals surface area contributed by atoms with Gasteiger partial charge in [-0.25, -0.2) is 4.98 Å². The minimum atomic E-state index is -0.120. The fourth-order valence-corrected chi connectivity index (χ4v) is 2.39. The maximum Gasteiger partial charge on any atom is 0.274 e. The van der Waals surface area contributed by atoms with E-state index in [1.54, 1.807) is 4.90 Å². The Balaban J connectivity index is 2.08. The molecule has 0 radical (unpaired) electrons. The Morgan fingerprint density at radius 3 is 3.00 bits per heavy atom. The Hall–Kier alpha value is -1.20. The summed E-state index contributed by atoms with van der Waals surface area (Å²) in [6, 6.07) is 0.233. The highest BCUT2D eigenvalue weighted by molar-refractivity contribution is 6.29. The standard InChI is InChI=1S/C12H17ClN4O/c1-16-5-3-4-9(8-16)17(2)12(18)10-6-14-7-11(13)15-10/h6-7,9H,3-5,8H2,1-2H3. The monoisotopic (exact) mass is 268 g/mol. The minimum Gasteiger partial charge on any atom is -0.336 e. The summed E-state index contributed by atoms with van der Waals surface area (Å²) < 4.78 is 0. The zero-order valence-electron chi connectivity index (χ0n) is 10.6. The average molecular weight is 269 g/mol. The van der Waals surface area contributed by atoms with Gasteiger partial charge in [-0.2, -0.15) is 0 Å². The van der Waals surface area contributed by atoms with Crippen LogP contribution in [-0.2, 0) is 0 Å². The largest absolute Gasteiger partial charge is 0.336 e. The fraction of sp³-hybridized carbons (Fsp3) is 0.583. The third-order valence-electron chi connectivity index (χ3n) is 3.29. The van der Waals surface area contributed by atoms with Crippen molar-refractivity contribution >= 4 is 17.5 Å². The summed E-state index contributed by atoms with van der Waals surface area (Å²) in [5.74, 6) is -0.120. The molecule has 2 heterocycles. The highest BCUT2D eigenvalue weighted by Gasteiger charge is 2.25. The minimum absolute atomic E-state index is 0.120. The smallest absolute Gasteiger partial charge is 0.274 e. The number of likely N-dealkylation sites (N-methyl/N-ethyl adjacent to an activating group) is 2. The number of aromatic nitrogens is 2. The molecule has 0 aromatic carbocycles. The van der Waals surface area contributed by atoms with Gasteiger partial charge in [0.05, 0.1) is 12.4 Å². The topological polar surface area (TPSA) is 49.3 Å². The number of carbonyl (C=O) groups is 1. The molecule has 1 fully saturated rings. The zero-order valence-corrected chi connectivity index (χ0v) is 11.4. The number of carbonyl (C=O) groups excluding carboxylic acids is 1. The summed E-state index contributed by atoms with van der Waals surface area (Å²) in [4.78, 5) is 24.1. The van der Waals surface area contributed by atoms with Crippen molar-refractivity contribution in [1.29, 1.82) is 0 Å². The Morgan fingerprint density at radius 1 is 1.56 bits per heavy atom. The molecule has 1 aromatic rings. The van der Waals surface area contributed by atoms with Gasteiger partial charge in [0.15, 0.2) is 0 Å². The van der Waals surface area contributed by atoms with Crippen LogP contribution in [0.2, 0.25) is 5.15 Å². The van der Waals surface area contributed by atoms with E-state index in [9.17, 15) is 4.79 Å². The molecule has 98 valence electrons. The predicted molar refractivity (Wildman–Crippen MR) is 69.7 cm³/mol. The third-order valence-corrected chi connectivity index (χ3v) is 3.47. The molecule has 0 aliphatic carbocycles. The van der Waals surface area contributed by atoms with Gasteiger partial charge >= 0.3 is 0 Å². The maximum absolute atomic E-state index is 12.2. The maximum atomic E-state index is 12.2. The van der Waals surface area contributed by atoms with E-state index in [2.05, 4.69) is 21.9 Å². The molecule has 1 aromatic heterocycles. The number of nitrogens with zero attached hydrogens (tertiary/aromatic N) is 4. The first kappa shape index (κ1) is 13.2. The second-order valence-corrected chi connectivity index (χ2v) is 5.09. The summed E-state index contributed by atoms with van der Waals surface area (Å²) in [7, 11) is 3.89. The molecular formula is C12H17ClN4O. The van der Waals surface area contributed by atoms with Gasteiger partial charge in [0.2, 0.25) is 0 Å². The first-order chi connectivity index (χ1) is 8.58. The molecule has 0 saturated carbocycles. The van der Waals surface area contributed by atoms with E-state index in [0.717, 1.165) is 25.9 Å². The third kappa shape index (κ3) is 2.97. The first-order valence-electron chi connectivity index (χ1n) is 6.01. The number of amides is 1. The van der Waals surface area contributed by atoms with E-state index in [-0.39, 0.29) is 17.1 Å². The molecule has 0 N–H and O–H groups in total. The van der Waals surface area contributed by atoms with Crippen molar-refractivity contribution in [3.05, 3.63) is 23.2 Å². The van der Waals surface area contributed by atoms with E-state index in [1.165, 1.54) is 12.4 Å². The molecule has 1 aliphatic heterocycles. The Bertz CT molecular complexity index is 440. The number of hydrogen-bond donors (Lipinski definition) is 0. The van der Waals surface area contributed by atoms with Gasteiger partial charge in [-0.05, 0) is 26.4 Å². The van der Waals surface area contributed by atoms with Gasteiger partial charge in [0.1, 0.15) is 10.8 Å². The van der Waals surface area contributed by atoms with Crippen LogP contribution >= 0.6 is 11.6 Å². The molecule has 1 saturated heterocycles. The molecule has 1 aliphatic rings. The van der Waals surface area contributed by atoms with Crippen molar-refractivity contribution in [3.8, 4) is 0 Å². The second kappa shape index (κ2) is 5.63. The van der Waals surface area contributed by atoms with Gasteiger partial charge in [-0.1, -0.05) is 11.6 Å². The van der Waals surface area contributed by atoms with E-state index in [0.29, 0.717) is 5.69 Å². The highest BCUT2D eigenvalue weighted by Crippen LogP contribution is 2.15. The molecule has 0 bridgehead atoms. The van der Waals surface area contributed by atoms with Crippen LogP contribution in [0.4, 0.5) is 0 Å². The van der Waals surface area contributed by atoms with Crippen LogP contribution in [0.25, 0.3) is 0 Å². The van der Waals surface area contributed by atoms with Gasteiger partial charge in [-0.15, -0.1) is 0 Å². The molecule has 6 heteroatoms. The average Bonchev–Trinajstić information content (AvgIpc) is 2.37. The van der Waals surface area contributed by atoms with Crippen molar-refractivity contribution in [2.75, 3.05) is 27.2 Å². The Kier molecular flexibility index (Phi) is 4.14. The van der Waals surface area contributed by atoms with Crippen molar-refractivity contribution in [2.45, 2.75) is 18.9 Å². The number of likely N-dealkylation sites (tertiary alicyclic amines) is 1. The molecular weight excluding hydrogens is 252 g/mol. The number of piperidine rings is 1. The van der Waals surface area contributed by atoms with Crippen LogP contribution in [0.3, 0.4) is 0 Å². The lowest BCUT2D eigenvalue weighted by molar-refractivity contribution is 0.0638. The summed E-state index contributed by atoms with van der Waals surface area (Å²) >= 11 is 5.75. The van der Waals surface area contributed by atoms with Gasteiger partial charge in [0, 0.05) is 19.6 Å². The molecule has 0 spiro atoms. The highest BCUT2D eigenvalue weighted by atomic mass is 35.5. The van der Waals surface area contributed by atoms with Crippen molar-refractivity contribution in [2.24, 2.45) is 0 Å². The van der Waals surface area contributed by atoms with E-state index < -0.39 is 0 Å². The van der Waals surface area contributed by atoms with Gasteiger partial charge in [-0.3, -0.25) is 9.78 Å². The molecule has 1 unspecified atom stereocenters. The lowest BCUT2D eigenvalue weighted by Gasteiger charge is -2.35. The van der Waals surface area contributed by atoms with E-state index in [4.69, 9.17) is 11.6 Å². The normalized spacial score (nSPS) is 20.7. The van der Waals surface area contributed by atoms with Crippen LogP contribution in [0, 0.1) is 0 Å². The lowest BCUT2D eigenvalue weighted by Crippen LogP contribution is -2.47. The van der Waals surface area contributed by atoms with Crippen molar-refractivity contribution < 1.29 is 4.79 Å². The number of hydrogen-bond acceptors (Lipinski definition) is 4. The van der Waals surface area contributed by atoms with Crippen molar-refractivity contribution in [3.63, 3.8) is 0 Å². The summed E-state index contributed by atoms with van der Waals surface area (Å²) in [5, 5.41) is 0.245. The van der Waals surface area contributed by atoms with E-state index >= 15 is 0 Å². The van der Waals surface area contributed by atoms with Crippen LogP contribution in [-0.4, -0.2) is 58.9 Å². The second-order valence-electron chi connectivity index (χ2n) is 4.70. The molecule has 1 atom stereocenters. The molecule has 5 nitrogen and oxygen atoms in total. The number of rotatable bonds is 2. The van der Waals surface area contributed by atoms with Crippen molar-refractivity contribution in [1.82, 2.24) is 19.8 Å². The van der Waals surface area contributed by atoms with Crippen LogP contribution < -0.4 is 0 Å². The van der Waals surface area contributed by atoms with Crippen LogP contribution in [0.1, 0.15) is 23.3 Å². The molecule has 18 heavy (non-hydrogen) atoms. The molecule has 2 rings (SSSR count). The quantitative estimate of drug-likeness (QED) is 0.811. The van der Waals surface area contributed by atoms with E-state index in [1.807, 2.05) is 7.05 Å². The zero-order chi connectivity index (χ0) is 13.1. The summed E-state index contributed by atoms with van der Waals surface area (Å²) in [5.41, 5.74) is 0.304. The lowest BCUT2D eigenvalue weighted by atomic mass is 10.0. The fourth-order valence-electron chi connectivity index (χ4n) is 2.25. The predicted octanol–water partition coefficient (Wildman–Crippen LogP) is 1.30. The van der Waals surface area contributed by atoms with Crippen LogP contribution in [0.15, 0.2) is 12.4 Å². The number of halogens is 1. The van der Waals surface area contributed by atoms with Gasteiger partial charge in [0.25, 0.3) is 5.91 Å². The summed E-state index contributed by atoms with van der Waals surface area (Å²) in [6.07, 6.45) is 5.02. The van der Waals surface area contributed by atoms with Gasteiger partial charge < -0.3 is 9.80 Å². The Morgan fingerprint density at radius 2 is 2.33 bits per heavy atom. The first-order valence-corrected chi connectivity index (χ1v) is 6.39.